The van der Waals surface area contributed by atoms with Crippen LogP contribution in [-0.4, -0.2) is 114 Å². The number of hydrogen-bond donors (Lipinski definition) is 4. The second-order valence-electron chi connectivity index (χ2n) is 10.9. The van der Waals surface area contributed by atoms with Crippen LogP contribution in [0.2, 0.25) is 10.0 Å². The first-order valence-corrected chi connectivity index (χ1v) is 17.3. The zero-order valence-electron chi connectivity index (χ0n) is 26.0. The molecule has 2 aromatic rings. The number of aliphatic hydroxyl groups excluding tert-OH is 2. The number of sulfonamides is 1. The van der Waals surface area contributed by atoms with E-state index in [0.717, 1.165) is 29.8 Å². The molecule has 12 nitrogen and oxygen atoms in total. The van der Waals surface area contributed by atoms with Gasteiger partial charge in [0.05, 0.1) is 44.5 Å². The van der Waals surface area contributed by atoms with Crippen molar-refractivity contribution in [2.24, 2.45) is 0 Å². The number of amides is 1. The lowest BCUT2D eigenvalue weighted by Crippen LogP contribution is -2.46. The van der Waals surface area contributed by atoms with Gasteiger partial charge in [-0.3, -0.25) is 9.59 Å². The molecule has 0 fully saturated rings. The van der Waals surface area contributed by atoms with Crippen molar-refractivity contribution in [3.8, 4) is 0 Å². The number of carbonyl (C=O) groups is 2. The Morgan fingerprint density at radius 1 is 0.957 bits per heavy atom. The molecule has 0 aromatic heterocycles. The number of ether oxygens (including phenoxy) is 3. The van der Waals surface area contributed by atoms with Crippen molar-refractivity contribution >= 4 is 44.9 Å². The molecule has 0 saturated heterocycles. The fourth-order valence-corrected chi connectivity index (χ4v) is 6.53. The number of carbonyl (C=O) groups excluding carboxylic acids is 2. The molecule has 46 heavy (non-hydrogen) atoms. The van der Waals surface area contributed by atoms with Crippen LogP contribution in [0.3, 0.4) is 0 Å². The van der Waals surface area contributed by atoms with Gasteiger partial charge in [0.15, 0.2) is 11.9 Å². The fraction of sp³-hybridized carbons (Fsp3) is 0.548. The number of benzene rings is 2. The molecule has 3 rings (SSSR count). The molecule has 0 radical (unpaired) electrons. The minimum atomic E-state index is -3.72. The topological polar surface area (TPSA) is 164 Å². The van der Waals surface area contributed by atoms with Crippen molar-refractivity contribution in [3.63, 3.8) is 0 Å². The number of fused-ring (bicyclic) bond motifs is 1. The van der Waals surface area contributed by atoms with Gasteiger partial charge >= 0.3 is 0 Å². The lowest BCUT2D eigenvalue weighted by atomic mass is 9.85. The second kappa shape index (κ2) is 19.0. The Morgan fingerprint density at radius 2 is 1.57 bits per heavy atom. The van der Waals surface area contributed by atoms with Crippen LogP contribution in [0.15, 0.2) is 41.3 Å². The van der Waals surface area contributed by atoms with Gasteiger partial charge in [0.25, 0.3) is 5.91 Å². The monoisotopic (exact) mass is 703 g/mol. The van der Waals surface area contributed by atoms with Crippen molar-refractivity contribution in [1.82, 2.24) is 14.9 Å². The van der Waals surface area contributed by atoms with Gasteiger partial charge in [-0.25, -0.2) is 13.1 Å². The highest BCUT2D eigenvalue weighted by Crippen LogP contribution is 2.38. The third kappa shape index (κ3) is 11.5. The molecule has 1 aliphatic rings. The first kappa shape index (κ1) is 38.3. The van der Waals surface area contributed by atoms with E-state index in [0.29, 0.717) is 16.5 Å². The molecule has 0 saturated carbocycles. The maximum atomic E-state index is 12.8. The average Bonchev–Trinajstić information content (AvgIpc) is 3.02. The summed E-state index contributed by atoms with van der Waals surface area (Å²) in [6.45, 7) is 4.78. The van der Waals surface area contributed by atoms with Gasteiger partial charge in [0.2, 0.25) is 10.0 Å². The summed E-state index contributed by atoms with van der Waals surface area (Å²) in [6, 6.07) is 10.5. The van der Waals surface area contributed by atoms with Gasteiger partial charge in [-0.2, -0.15) is 0 Å². The molecular formula is C31H43Cl2N3O9S. The summed E-state index contributed by atoms with van der Waals surface area (Å²) in [6.07, 6.45) is -2.98. The van der Waals surface area contributed by atoms with Crippen molar-refractivity contribution < 1.29 is 42.4 Å². The van der Waals surface area contributed by atoms with Crippen LogP contribution in [0.5, 0.6) is 0 Å². The van der Waals surface area contributed by atoms with E-state index >= 15 is 0 Å². The fourth-order valence-electron chi connectivity index (χ4n) is 4.95. The summed E-state index contributed by atoms with van der Waals surface area (Å²) in [7, 11) is -1.71. The zero-order chi connectivity index (χ0) is 33.7. The normalized spacial score (nSPS) is 16.5. The highest BCUT2D eigenvalue weighted by molar-refractivity contribution is 7.89. The quantitative estimate of drug-likeness (QED) is 0.150. The smallest absolute Gasteiger partial charge is 0.252 e. The molecule has 1 heterocycles. The highest BCUT2D eigenvalue weighted by atomic mass is 35.5. The van der Waals surface area contributed by atoms with Crippen molar-refractivity contribution in [2.45, 2.75) is 49.3 Å². The van der Waals surface area contributed by atoms with E-state index < -0.39 is 33.9 Å². The van der Waals surface area contributed by atoms with Crippen LogP contribution in [0.1, 0.15) is 42.4 Å². The molecule has 256 valence electrons. The summed E-state index contributed by atoms with van der Waals surface area (Å²) in [5.74, 6) is -1.42. The van der Waals surface area contributed by atoms with E-state index in [9.17, 15) is 28.2 Å². The van der Waals surface area contributed by atoms with Crippen molar-refractivity contribution in [3.05, 3.63) is 63.1 Å². The minimum absolute atomic E-state index is 0.00862. The van der Waals surface area contributed by atoms with E-state index in [4.69, 9.17) is 37.4 Å². The molecule has 2 aromatic carbocycles. The summed E-state index contributed by atoms with van der Waals surface area (Å²) >= 11 is 12.7. The van der Waals surface area contributed by atoms with Gasteiger partial charge in [-0.05, 0) is 54.4 Å². The Balaban J connectivity index is 1.27. The van der Waals surface area contributed by atoms with E-state index in [2.05, 4.69) is 14.9 Å². The maximum absolute atomic E-state index is 12.8. The Kier molecular flexibility index (Phi) is 15.8. The summed E-state index contributed by atoms with van der Waals surface area (Å²) < 4.78 is 44.3. The minimum Gasteiger partial charge on any atom is -0.382 e. The number of halogens is 2. The summed E-state index contributed by atoms with van der Waals surface area (Å²) in [5, 5.41) is 23.0. The number of hydrogen-bond acceptors (Lipinski definition) is 10. The number of likely N-dealkylation sites (N-methyl/N-ethyl adjacent to an activating group) is 1. The molecule has 1 amide bonds. The van der Waals surface area contributed by atoms with E-state index in [-0.39, 0.29) is 70.0 Å². The van der Waals surface area contributed by atoms with Crippen molar-refractivity contribution in [1.29, 1.82) is 0 Å². The predicted molar refractivity (Wildman–Crippen MR) is 174 cm³/mol. The highest BCUT2D eigenvalue weighted by Gasteiger charge is 2.29. The first-order chi connectivity index (χ1) is 21.9. The largest absolute Gasteiger partial charge is 0.382 e. The van der Waals surface area contributed by atoms with E-state index in [1.165, 1.54) is 0 Å². The molecule has 0 bridgehead atoms. The van der Waals surface area contributed by atoms with Gasteiger partial charge in [-0.15, -0.1) is 0 Å². The lowest BCUT2D eigenvalue weighted by molar-refractivity contribution is -0.145. The zero-order valence-corrected chi connectivity index (χ0v) is 28.4. The Labute approximate surface area is 280 Å². The number of nitrogens with one attached hydrogen (secondary N) is 2. The average molecular weight is 705 g/mol. The number of ketones is 1. The third-order valence-corrected chi connectivity index (χ3v) is 9.34. The van der Waals surface area contributed by atoms with Crippen LogP contribution in [0.25, 0.3) is 0 Å². The molecule has 15 heteroatoms. The van der Waals surface area contributed by atoms with Crippen LogP contribution >= 0.6 is 23.2 Å². The number of Topliss-reactive ketones (excluding diaryl/α,β-unsaturated/α-hetero) is 1. The van der Waals surface area contributed by atoms with Gasteiger partial charge in [0.1, 0.15) is 6.10 Å². The molecule has 2 unspecified atom stereocenters. The van der Waals surface area contributed by atoms with E-state index in [1.807, 2.05) is 25.2 Å². The standard InChI is InChI=1S/C31H43Cl2N3O9S/c1-3-4-28(37)29(38)30(39)31(40)34-9-11-43-13-15-45-16-14-44-12-10-35-46(41,42)23-7-5-21(6-8-23)25-19-36(2)20-26-24(25)17-22(32)18-27(26)33/h5-8,17-18,25,29-30,35,38-39H,3-4,9-16,19-20H2,1-2H3,(H,34,40)/t25-,29?,30?/m1/s1. The molecule has 4 N–H and O–H groups in total. The Bertz CT molecular complexity index is 1400. The maximum Gasteiger partial charge on any atom is 0.252 e. The Morgan fingerprint density at radius 3 is 2.20 bits per heavy atom. The first-order valence-electron chi connectivity index (χ1n) is 15.1. The molecule has 0 spiro atoms. The van der Waals surface area contributed by atoms with Gasteiger partial charge in [0, 0.05) is 48.6 Å². The predicted octanol–water partition coefficient (Wildman–Crippen LogP) is 2.11. The number of nitrogens with zero attached hydrogens (tertiary/aromatic N) is 1. The number of rotatable bonds is 20. The number of aliphatic hydroxyl groups is 2. The van der Waals surface area contributed by atoms with Crippen LogP contribution in [-0.2, 0) is 40.4 Å². The van der Waals surface area contributed by atoms with Gasteiger partial charge in [-0.1, -0.05) is 42.3 Å². The second-order valence-corrected chi connectivity index (χ2v) is 13.5. The lowest BCUT2D eigenvalue weighted by Gasteiger charge is -2.33. The van der Waals surface area contributed by atoms with Crippen LogP contribution in [0.4, 0.5) is 0 Å². The van der Waals surface area contributed by atoms with Crippen LogP contribution < -0.4 is 10.0 Å². The summed E-state index contributed by atoms with van der Waals surface area (Å²) in [5.41, 5.74) is 3.05. The Hall–Kier alpha value is -2.17. The van der Waals surface area contributed by atoms with Crippen molar-refractivity contribution in [2.75, 3.05) is 66.3 Å². The van der Waals surface area contributed by atoms with Crippen LogP contribution in [0, 0.1) is 0 Å². The third-order valence-electron chi connectivity index (χ3n) is 7.31. The molecule has 0 aliphatic carbocycles. The molecule has 1 aliphatic heterocycles. The molecule has 3 atom stereocenters. The van der Waals surface area contributed by atoms with E-state index in [1.54, 1.807) is 25.1 Å². The SMILES string of the molecule is CCCC(=O)C(O)C(O)C(=O)NCCOCCOCCOCCNS(=O)(=O)c1ccc([C@H]2CN(C)Cc3c(Cl)cc(Cl)cc32)cc1. The summed E-state index contributed by atoms with van der Waals surface area (Å²) in [4.78, 5) is 25.7. The molecular weight excluding hydrogens is 661 g/mol. The van der Waals surface area contributed by atoms with Gasteiger partial charge < -0.3 is 34.6 Å².